The van der Waals surface area contributed by atoms with E-state index in [9.17, 15) is 4.79 Å². The van der Waals surface area contributed by atoms with Crippen molar-refractivity contribution in [3.63, 3.8) is 0 Å². The van der Waals surface area contributed by atoms with Gasteiger partial charge in [0.25, 0.3) is 0 Å². The molecule has 1 aliphatic carbocycles. The van der Waals surface area contributed by atoms with E-state index in [1.165, 1.54) is 12.8 Å². The molecular weight excluding hydrogens is 268 g/mol. The second kappa shape index (κ2) is 5.00. The molecule has 16 heavy (non-hydrogen) atoms. The van der Waals surface area contributed by atoms with Gasteiger partial charge in [-0.15, -0.1) is 0 Å². The van der Waals surface area contributed by atoms with Crippen LogP contribution in [0.25, 0.3) is 0 Å². The van der Waals surface area contributed by atoms with Crippen molar-refractivity contribution in [2.45, 2.75) is 19.8 Å². The molecule has 0 aliphatic heterocycles. The molecule has 0 heterocycles. The van der Waals surface area contributed by atoms with Crippen molar-refractivity contribution in [3.8, 4) is 5.75 Å². The van der Waals surface area contributed by atoms with Gasteiger partial charge in [0.1, 0.15) is 12.0 Å². The molecule has 86 valence electrons. The smallest absolute Gasteiger partial charge is 0.150 e. The number of benzene rings is 1. The first-order valence-corrected chi connectivity index (χ1v) is 6.37. The lowest BCUT2D eigenvalue weighted by Gasteiger charge is -2.33. The molecule has 1 fully saturated rings. The van der Waals surface area contributed by atoms with Crippen LogP contribution in [0.5, 0.6) is 5.75 Å². The number of carbonyl (C=O) groups is 1. The van der Waals surface area contributed by atoms with Crippen LogP contribution in [0.3, 0.4) is 0 Å². The van der Waals surface area contributed by atoms with E-state index in [1.54, 1.807) is 12.1 Å². The molecule has 2 rings (SSSR count). The van der Waals surface area contributed by atoms with Crippen LogP contribution in [0.15, 0.2) is 22.7 Å². The predicted molar refractivity (Wildman–Crippen MR) is 66.9 cm³/mol. The molecule has 0 amide bonds. The Morgan fingerprint density at radius 2 is 2.31 bits per heavy atom. The normalized spacial score (nSPS) is 23.6. The van der Waals surface area contributed by atoms with E-state index in [2.05, 4.69) is 22.9 Å². The molecule has 0 aromatic heterocycles. The first kappa shape index (κ1) is 11.6. The molecule has 0 radical (unpaired) electrons. The lowest BCUT2D eigenvalue weighted by atomic mass is 9.75. The Hall–Kier alpha value is -0.830. The number of ether oxygens (including phenoxy) is 1. The van der Waals surface area contributed by atoms with Gasteiger partial charge in [-0.25, -0.2) is 0 Å². The summed E-state index contributed by atoms with van der Waals surface area (Å²) in [5.74, 6) is 2.30. The second-order valence-corrected chi connectivity index (χ2v) is 5.29. The molecule has 1 aromatic carbocycles. The summed E-state index contributed by atoms with van der Waals surface area (Å²) in [6.45, 7) is 3.04. The number of aldehydes is 1. The maximum Gasteiger partial charge on any atom is 0.150 e. The van der Waals surface area contributed by atoms with Gasteiger partial charge in [0, 0.05) is 5.56 Å². The average Bonchev–Trinajstić information content (AvgIpc) is 2.29. The van der Waals surface area contributed by atoms with E-state index in [0.717, 1.165) is 29.0 Å². The Morgan fingerprint density at radius 3 is 2.81 bits per heavy atom. The van der Waals surface area contributed by atoms with Gasteiger partial charge in [-0.3, -0.25) is 4.79 Å². The fourth-order valence-corrected chi connectivity index (χ4v) is 2.40. The summed E-state index contributed by atoms with van der Waals surface area (Å²) < 4.78 is 6.60. The molecule has 0 spiro atoms. The molecule has 1 saturated carbocycles. The van der Waals surface area contributed by atoms with Crippen LogP contribution in [0.2, 0.25) is 0 Å². The third-order valence-corrected chi connectivity index (χ3v) is 3.96. The lowest BCUT2D eigenvalue weighted by molar-refractivity contribution is 0.112. The molecular formula is C13H15BrO2. The molecule has 2 nitrogen and oxygen atoms in total. The molecule has 0 N–H and O–H groups in total. The fourth-order valence-electron chi connectivity index (χ4n) is 1.89. The van der Waals surface area contributed by atoms with Crippen molar-refractivity contribution < 1.29 is 9.53 Å². The summed E-state index contributed by atoms with van der Waals surface area (Å²) in [4.78, 5) is 10.6. The van der Waals surface area contributed by atoms with Crippen LogP contribution in [-0.4, -0.2) is 12.9 Å². The highest BCUT2D eigenvalue weighted by Gasteiger charge is 2.27. The number of rotatable bonds is 4. The van der Waals surface area contributed by atoms with Crippen molar-refractivity contribution in [2.24, 2.45) is 11.8 Å². The topological polar surface area (TPSA) is 26.3 Å². The molecule has 0 bridgehead atoms. The average molecular weight is 283 g/mol. The van der Waals surface area contributed by atoms with E-state index in [-0.39, 0.29) is 0 Å². The third kappa shape index (κ3) is 2.46. The van der Waals surface area contributed by atoms with Gasteiger partial charge in [-0.05, 0) is 58.8 Å². The molecule has 0 unspecified atom stereocenters. The Bertz CT molecular complexity index is 390. The van der Waals surface area contributed by atoms with Gasteiger partial charge in [-0.2, -0.15) is 0 Å². The highest BCUT2D eigenvalue weighted by Crippen LogP contribution is 2.35. The van der Waals surface area contributed by atoms with Crippen molar-refractivity contribution in [1.29, 1.82) is 0 Å². The maximum absolute atomic E-state index is 10.6. The summed E-state index contributed by atoms with van der Waals surface area (Å²) in [7, 11) is 0. The van der Waals surface area contributed by atoms with Crippen molar-refractivity contribution in [2.75, 3.05) is 6.61 Å². The lowest BCUT2D eigenvalue weighted by Crippen LogP contribution is -2.28. The molecule has 1 aliphatic rings. The zero-order valence-corrected chi connectivity index (χ0v) is 10.9. The second-order valence-electron chi connectivity index (χ2n) is 4.43. The Balaban J connectivity index is 1.96. The quantitative estimate of drug-likeness (QED) is 0.788. The first-order valence-electron chi connectivity index (χ1n) is 5.58. The summed E-state index contributed by atoms with van der Waals surface area (Å²) in [6.07, 6.45) is 3.42. The van der Waals surface area contributed by atoms with Gasteiger partial charge in [0.05, 0.1) is 11.1 Å². The Morgan fingerprint density at radius 1 is 1.50 bits per heavy atom. The standard InChI is InChI=1S/C13H15BrO2/c1-9-2-4-11(9)8-16-13-5-3-10(7-15)6-12(13)14/h3,5-7,9,11H,2,4,8H2,1H3/t9-,11+/m0/s1. The van der Waals surface area contributed by atoms with Crippen LogP contribution in [0, 0.1) is 11.8 Å². The van der Waals surface area contributed by atoms with Gasteiger partial charge >= 0.3 is 0 Å². The number of carbonyl (C=O) groups excluding carboxylic acids is 1. The summed E-state index contributed by atoms with van der Waals surface area (Å²) >= 11 is 3.41. The molecule has 2 atom stereocenters. The van der Waals surface area contributed by atoms with Crippen LogP contribution in [-0.2, 0) is 0 Å². The zero-order chi connectivity index (χ0) is 11.5. The van der Waals surface area contributed by atoms with Crippen molar-refractivity contribution in [1.82, 2.24) is 0 Å². The third-order valence-electron chi connectivity index (χ3n) is 3.34. The molecule has 3 heteroatoms. The van der Waals surface area contributed by atoms with E-state index in [4.69, 9.17) is 4.74 Å². The van der Waals surface area contributed by atoms with Crippen LogP contribution < -0.4 is 4.74 Å². The number of halogens is 1. The van der Waals surface area contributed by atoms with Gasteiger partial charge in [0.15, 0.2) is 0 Å². The Kier molecular flexibility index (Phi) is 3.64. The maximum atomic E-state index is 10.6. The SMILES string of the molecule is C[C@H]1CC[C@@H]1COc1ccc(C=O)cc1Br. The van der Waals surface area contributed by atoms with E-state index < -0.39 is 0 Å². The van der Waals surface area contributed by atoms with E-state index in [0.29, 0.717) is 11.5 Å². The summed E-state index contributed by atoms with van der Waals surface area (Å²) in [6, 6.07) is 5.40. The Labute approximate surface area is 104 Å². The minimum absolute atomic E-state index is 0.663. The monoisotopic (exact) mass is 282 g/mol. The first-order chi connectivity index (χ1) is 7.70. The fraction of sp³-hybridized carbons (Fsp3) is 0.462. The van der Waals surface area contributed by atoms with Gasteiger partial charge < -0.3 is 4.74 Å². The highest BCUT2D eigenvalue weighted by molar-refractivity contribution is 9.10. The summed E-state index contributed by atoms with van der Waals surface area (Å²) in [5.41, 5.74) is 0.663. The van der Waals surface area contributed by atoms with Gasteiger partial charge in [-0.1, -0.05) is 6.92 Å². The largest absolute Gasteiger partial charge is 0.492 e. The van der Waals surface area contributed by atoms with Crippen LogP contribution in [0.1, 0.15) is 30.1 Å². The highest BCUT2D eigenvalue weighted by atomic mass is 79.9. The number of hydrogen-bond donors (Lipinski definition) is 0. The van der Waals surface area contributed by atoms with Crippen molar-refractivity contribution >= 4 is 22.2 Å². The van der Waals surface area contributed by atoms with Crippen molar-refractivity contribution in [3.05, 3.63) is 28.2 Å². The van der Waals surface area contributed by atoms with E-state index >= 15 is 0 Å². The van der Waals surface area contributed by atoms with Crippen LogP contribution in [0.4, 0.5) is 0 Å². The van der Waals surface area contributed by atoms with E-state index in [1.807, 2.05) is 6.07 Å². The van der Waals surface area contributed by atoms with Gasteiger partial charge in [0.2, 0.25) is 0 Å². The summed E-state index contributed by atoms with van der Waals surface area (Å²) in [5, 5.41) is 0. The predicted octanol–water partition coefficient (Wildman–Crippen LogP) is 3.69. The minimum Gasteiger partial charge on any atom is -0.492 e. The minimum atomic E-state index is 0.663. The number of hydrogen-bond acceptors (Lipinski definition) is 2. The zero-order valence-electron chi connectivity index (χ0n) is 9.28. The molecule has 0 saturated heterocycles. The van der Waals surface area contributed by atoms with Crippen LogP contribution >= 0.6 is 15.9 Å². The molecule has 1 aromatic rings.